The molecule has 0 radical (unpaired) electrons. The summed E-state index contributed by atoms with van der Waals surface area (Å²) in [5.74, 6) is -0.489. The summed E-state index contributed by atoms with van der Waals surface area (Å²) in [5, 5.41) is 4.89. The van der Waals surface area contributed by atoms with Crippen molar-refractivity contribution in [2.75, 3.05) is 26.1 Å². The van der Waals surface area contributed by atoms with Crippen LogP contribution in [0.15, 0.2) is 29.6 Å². The summed E-state index contributed by atoms with van der Waals surface area (Å²) < 4.78 is 10.4. The number of amides is 2. The van der Waals surface area contributed by atoms with E-state index in [0.29, 0.717) is 28.8 Å². The number of anilines is 1. The van der Waals surface area contributed by atoms with Gasteiger partial charge < -0.3 is 19.7 Å². The van der Waals surface area contributed by atoms with Gasteiger partial charge in [0.15, 0.2) is 0 Å². The van der Waals surface area contributed by atoms with E-state index in [1.165, 1.54) is 20.3 Å². The van der Waals surface area contributed by atoms with Crippen molar-refractivity contribution in [2.24, 2.45) is 0 Å². The van der Waals surface area contributed by atoms with Crippen LogP contribution in [0.1, 0.15) is 23.8 Å². The van der Waals surface area contributed by atoms with Crippen molar-refractivity contribution < 1.29 is 19.1 Å². The Bertz CT molecular complexity index is 810. The summed E-state index contributed by atoms with van der Waals surface area (Å²) in [6, 6.07) is 6.96. The number of nitrogens with one attached hydrogen (secondary N) is 1. The number of ether oxygens (including phenoxy) is 2. The molecule has 2 aromatic rings. The lowest BCUT2D eigenvalue weighted by Crippen LogP contribution is -2.39. The molecule has 1 aromatic heterocycles. The molecule has 1 fully saturated rings. The van der Waals surface area contributed by atoms with Gasteiger partial charge in [-0.3, -0.25) is 9.59 Å². The maximum absolute atomic E-state index is 12.7. The number of carbonyl (C=O) groups excluding carboxylic acids is 2. The van der Waals surface area contributed by atoms with Crippen LogP contribution in [-0.2, 0) is 9.59 Å². The van der Waals surface area contributed by atoms with Crippen LogP contribution in [0, 0.1) is 0 Å². The van der Waals surface area contributed by atoms with Gasteiger partial charge in [0.2, 0.25) is 0 Å². The van der Waals surface area contributed by atoms with Gasteiger partial charge in [0, 0.05) is 17.5 Å². The molecular weight excluding hydrogens is 376 g/mol. The first-order valence-electron chi connectivity index (χ1n) is 8.12. The summed E-state index contributed by atoms with van der Waals surface area (Å²) in [6.07, 6.45) is 1.73. The molecule has 2 amide bonds. The standard InChI is InChI=1S/C18H19ClN2O4S/c1-24-14-10-15(25-2)12(9-11(14)19)20-17(22)18(23)21-7-3-5-13(21)16-6-4-8-26-16/h4,6,8-10,13H,3,5,7H2,1-2H3,(H,20,22)/t13-/m0/s1. The Labute approximate surface area is 160 Å². The normalized spacial score (nSPS) is 16.4. The third-order valence-corrected chi connectivity index (χ3v) is 5.57. The largest absolute Gasteiger partial charge is 0.495 e. The van der Waals surface area contributed by atoms with Gasteiger partial charge in [-0.15, -0.1) is 11.3 Å². The number of rotatable bonds is 4. The van der Waals surface area contributed by atoms with Crippen LogP contribution in [0.3, 0.4) is 0 Å². The molecule has 1 atom stereocenters. The molecule has 1 N–H and O–H groups in total. The smallest absolute Gasteiger partial charge is 0.314 e. The average molecular weight is 395 g/mol. The van der Waals surface area contributed by atoms with Crippen molar-refractivity contribution in [3.63, 3.8) is 0 Å². The summed E-state index contributed by atoms with van der Waals surface area (Å²) in [7, 11) is 2.95. The lowest BCUT2D eigenvalue weighted by molar-refractivity contribution is -0.143. The number of benzene rings is 1. The van der Waals surface area contributed by atoms with Crippen LogP contribution in [0.5, 0.6) is 11.5 Å². The third kappa shape index (κ3) is 3.64. The highest BCUT2D eigenvalue weighted by atomic mass is 35.5. The number of methoxy groups -OCH3 is 2. The van der Waals surface area contributed by atoms with E-state index in [0.717, 1.165) is 17.7 Å². The number of nitrogens with zero attached hydrogens (tertiary/aromatic N) is 1. The van der Waals surface area contributed by atoms with Crippen LogP contribution < -0.4 is 14.8 Å². The maximum Gasteiger partial charge on any atom is 0.314 e. The average Bonchev–Trinajstić information content (AvgIpc) is 3.32. The van der Waals surface area contributed by atoms with E-state index >= 15 is 0 Å². The minimum atomic E-state index is -0.715. The molecule has 0 unspecified atom stereocenters. The van der Waals surface area contributed by atoms with E-state index in [2.05, 4.69) is 5.32 Å². The number of likely N-dealkylation sites (tertiary alicyclic amines) is 1. The van der Waals surface area contributed by atoms with E-state index < -0.39 is 11.8 Å². The van der Waals surface area contributed by atoms with E-state index in [1.54, 1.807) is 22.3 Å². The van der Waals surface area contributed by atoms with Crippen molar-refractivity contribution in [1.82, 2.24) is 4.90 Å². The molecule has 0 bridgehead atoms. The van der Waals surface area contributed by atoms with E-state index in [-0.39, 0.29) is 6.04 Å². The predicted octanol–water partition coefficient (Wildman–Crippen LogP) is 3.72. The Hall–Kier alpha value is -2.25. The zero-order valence-corrected chi connectivity index (χ0v) is 16.0. The molecule has 6 nitrogen and oxygen atoms in total. The first kappa shape index (κ1) is 18.5. The second-order valence-electron chi connectivity index (χ2n) is 5.81. The van der Waals surface area contributed by atoms with E-state index in [9.17, 15) is 9.59 Å². The predicted molar refractivity (Wildman–Crippen MR) is 101 cm³/mol. The van der Waals surface area contributed by atoms with Crippen molar-refractivity contribution in [3.05, 3.63) is 39.5 Å². The highest BCUT2D eigenvalue weighted by Crippen LogP contribution is 2.37. The van der Waals surface area contributed by atoms with Crippen molar-refractivity contribution in [3.8, 4) is 11.5 Å². The van der Waals surface area contributed by atoms with Crippen molar-refractivity contribution >= 4 is 40.4 Å². The summed E-state index contributed by atoms with van der Waals surface area (Å²) in [4.78, 5) is 27.9. The SMILES string of the molecule is COc1cc(OC)c(NC(=O)C(=O)N2CCC[C@H]2c2cccs2)cc1Cl. The van der Waals surface area contributed by atoms with Gasteiger partial charge in [-0.2, -0.15) is 0 Å². The summed E-state index contributed by atoms with van der Waals surface area (Å²) in [5.41, 5.74) is 0.323. The minimum Gasteiger partial charge on any atom is -0.495 e. The van der Waals surface area contributed by atoms with Gasteiger partial charge in [-0.1, -0.05) is 17.7 Å². The molecule has 1 aromatic carbocycles. The fourth-order valence-electron chi connectivity index (χ4n) is 3.05. The Morgan fingerprint density at radius 3 is 2.69 bits per heavy atom. The number of carbonyl (C=O) groups is 2. The van der Waals surface area contributed by atoms with E-state index in [4.69, 9.17) is 21.1 Å². The topological polar surface area (TPSA) is 67.9 Å². The molecule has 26 heavy (non-hydrogen) atoms. The van der Waals surface area contributed by atoms with Gasteiger partial charge in [0.05, 0.1) is 31.0 Å². The number of thiophene rings is 1. The van der Waals surface area contributed by atoms with Gasteiger partial charge >= 0.3 is 11.8 Å². The second kappa shape index (κ2) is 7.97. The molecule has 0 saturated carbocycles. The summed E-state index contributed by atoms with van der Waals surface area (Å²) in [6.45, 7) is 0.565. The molecule has 0 aliphatic carbocycles. The van der Waals surface area contributed by atoms with Crippen LogP contribution >= 0.6 is 22.9 Å². The van der Waals surface area contributed by atoms with Gasteiger partial charge in [-0.25, -0.2) is 0 Å². The molecule has 0 spiro atoms. The fourth-order valence-corrected chi connectivity index (χ4v) is 4.16. The highest BCUT2D eigenvalue weighted by Gasteiger charge is 2.34. The quantitative estimate of drug-likeness (QED) is 0.802. The lowest BCUT2D eigenvalue weighted by Gasteiger charge is -2.23. The Morgan fingerprint density at radius 2 is 2.04 bits per heavy atom. The molecule has 1 saturated heterocycles. The molecule has 1 aliphatic heterocycles. The zero-order valence-electron chi connectivity index (χ0n) is 14.5. The maximum atomic E-state index is 12.7. The van der Waals surface area contributed by atoms with Crippen LogP contribution in [0.4, 0.5) is 5.69 Å². The molecule has 1 aliphatic rings. The molecular formula is C18H19ClN2O4S. The Balaban J connectivity index is 1.77. The van der Waals surface area contributed by atoms with Crippen LogP contribution in [0.2, 0.25) is 5.02 Å². The van der Waals surface area contributed by atoms with Gasteiger partial charge in [0.25, 0.3) is 0 Å². The summed E-state index contributed by atoms with van der Waals surface area (Å²) >= 11 is 7.71. The van der Waals surface area contributed by atoms with Crippen LogP contribution in [-0.4, -0.2) is 37.5 Å². The number of hydrogen-bond acceptors (Lipinski definition) is 5. The highest BCUT2D eigenvalue weighted by molar-refractivity contribution is 7.10. The third-order valence-electron chi connectivity index (χ3n) is 4.30. The molecule has 2 heterocycles. The Morgan fingerprint density at radius 1 is 1.27 bits per heavy atom. The molecule has 138 valence electrons. The Kier molecular flexibility index (Phi) is 5.68. The number of halogens is 1. The van der Waals surface area contributed by atoms with Crippen molar-refractivity contribution in [1.29, 1.82) is 0 Å². The monoisotopic (exact) mass is 394 g/mol. The lowest BCUT2D eigenvalue weighted by atomic mass is 10.2. The number of hydrogen-bond donors (Lipinski definition) is 1. The minimum absolute atomic E-state index is 0.0467. The van der Waals surface area contributed by atoms with Gasteiger partial charge in [0.1, 0.15) is 11.5 Å². The van der Waals surface area contributed by atoms with Gasteiger partial charge in [-0.05, 0) is 30.4 Å². The fraction of sp³-hybridized carbons (Fsp3) is 0.333. The molecule has 3 rings (SSSR count). The van der Waals surface area contributed by atoms with E-state index in [1.807, 2.05) is 17.5 Å². The zero-order chi connectivity index (χ0) is 18.7. The first-order chi connectivity index (χ1) is 12.5. The second-order valence-corrected chi connectivity index (χ2v) is 7.20. The van der Waals surface area contributed by atoms with Crippen molar-refractivity contribution in [2.45, 2.75) is 18.9 Å². The van der Waals surface area contributed by atoms with Crippen LogP contribution in [0.25, 0.3) is 0 Å². The molecule has 8 heteroatoms. The first-order valence-corrected chi connectivity index (χ1v) is 9.37.